The predicted molar refractivity (Wildman–Crippen MR) is 68.8 cm³/mol. The Morgan fingerprint density at radius 2 is 1.88 bits per heavy atom. The molecule has 0 radical (unpaired) electrons. The van der Waals surface area contributed by atoms with Crippen molar-refractivity contribution in [2.75, 3.05) is 0 Å². The van der Waals surface area contributed by atoms with Crippen LogP contribution < -0.4 is 0 Å². The molecular formula is C14H16N2. The lowest BCUT2D eigenvalue weighted by atomic mass is 10.1. The molecule has 3 aromatic rings. The van der Waals surface area contributed by atoms with Gasteiger partial charge in [0.2, 0.25) is 0 Å². The topological polar surface area (TPSA) is 20.7 Å². The van der Waals surface area contributed by atoms with Gasteiger partial charge in [-0.3, -0.25) is 0 Å². The molecular weight excluding hydrogens is 196 g/mol. The smallest absolute Gasteiger partial charge is 0.0492 e. The average molecular weight is 212 g/mol. The van der Waals surface area contributed by atoms with Crippen molar-refractivity contribution in [1.29, 1.82) is 0 Å². The molecule has 0 saturated heterocycles. The second-order valence-electron chi connectivity index (χ2n) is 5.33. The highest BCUT2D eigenvalue weighted by molar-refractivity contribution is 5.95. The molecule has 16 heavy (non-hydrogen) atoms. The highest BCUT2D eigenvalue weighted by atomic mass is 15.0. The van der Waals surface area contributed by atoms with E-state index in [4.69, 9.17) is 0 Å². The van der Waals surface area contributed by atoms with E-state index in [2.05, 4.69) is 60.8 Å². The fourth-order valence-corrected chi connectivity index (χ4v) is 2.27. The van der Waals surface area contributed by atoms with E-state index in [0.29, 0.717) is 0 Å². The lowest BCUT2D eigenvalue weighted by molar-refractivity contribution is 0.411. The fourth-order valence-electron chi connectivity index (χ4n) is 2.27. The first-order valence-corrected chi connectivity index (χ1v) is 5.64. The third kappa shape index (κ3) is 1.26. The van der Waals surface area contributed by atoms with Gasteiger partial charge in [-0.1, -0.05) is 0 Å². The van der Waals surface area contributed by atoms with Crippen molar-refractivity contribution in [3.8, 4) is 0 Å². The number of fused-ring (bicyclic) bond motifs is 2. The number of benzene rings is 1. The molecule has 0 fully saturated rings. The molecule has 2 aromatic heterocycles. The van der Waals surface area contributed by atoms with Gasteiger partial charge in [0.25, 0.3) is 0 Å². The van der Waals surface area contributed by atoms with E-state index >= 15 is 0 Å². The Morgan fingerprint density at radius 3 is 2.62 bits per heavy atom. The molecule has 2 nitrogen and oxygen atoms in total. The largest absolute Gasteiger partial charge is 0.361 e. The minimum atomic E-state index is 0.131. The van der Waals surface area contributed by atoms with Gasteiger partial charge in [0.1, 0.15) is 0 Å². The van der Waals surface area contributed by atoms with E-state index in [0.717, 1.165) is 0 Å². The summed E-state index contributed by atoms with van der Waals surface area (Å²) in [6.07, 6.45) is 4.16. The molecule has 0 unspecified atom stereocenters. The number of rotatable bonds is 0. The Kier molecular flexibility index (Phi) is 1.73. The van der Waals surface area contributed by atoms with Crippen molar-refractivity contribution in [3.63, 3.8) is 0 Å². The average Bonchev–Trinajstić information content (AvgIpc) is 2.76. The first kappa shape index (κ1) is 9.52. The molecule has 0 bridgehead atoms. The van der Waals surface area contributed by atoms with Gasteiger partial charge in [0.05, 0.1) is 0 Å². The van der Waals surface area contributed by atoms with Crippen molar-refractivity contribution in [2.24, 2.45) is 0 Å². The van der Waals surface area contributed by atoms with Crippen LogP contribution >= 0.6 is 0 Å². The maximum atomic E-state index is 3.25. The van der Waals surface area contributed by atoms with Crippen LogP contribution in [0.5, 0.6) is 0 Å². The van der Waals surface area contributed by atoms with E-state index < -0.39 is 0 Å². The van der Waals surface area contributed by atoms with Gasteiger partial charge in [0.15, 0.2) is 0 Å². The van der Waals surface area contributed by atoms with Gasteiger partial charge in [0, 0.05) is 39.7 Å². The lowest BCUT2D eigenvalue weighted by Gasteiger charge is -2.22. The zero-order chi connectivity index (χ0) is 11.3. The Morgan fingerprint density at radius 1 is 1.06 bits per heavy atom. The standard InChI is InChI=1S/C14H16N2/c1-14(2,3)16-7-5-11-8-12-10(4-6-15-12)9-13(11)16/h4-9,15H,1-3H3. The molecule has 0 saturated carbocycles. The van der Waals surface area contributed by atoms with Gasteiger partial charge in [-0.25, -0.2) is 0 Å². The number of nitrogens with zero attached hydrogens (tertiary/aromatic N) is 1. The van der Waals surface area contributed by atoms with E-state index in [1.807, 2.05) is 6.20 Å². The Balaban J connectivity index is 2.40. The third-order valence-corrected chi connectivity index (χ3v) is 3.09. The first-order valence-electron chi connectivity index (χ1n) is 5.64. The maximum Gasteiger partial charge on any atom is 0.0492 e. The number of aromatic amines is 1. The summed E-state index contributed by atoms with van der Waals surface area (Å²) in [5.41, 5.74) is 2.64. The van der Waals surface area contributed by atoms with Crippen LogP contribution in [0.15, 0.2) is 36.7 Å². The summed E-state index contributed by atoms with van der Waals surface area (Å²) in [4.78, 5) is 3.25. The van der Waals surface area contributed by atoms with Crippen LogP contribution in [-0.2, 0) is 5.54 Å². The third-order valence-electron chi connectivity index (χ3n) is 3.09. The SMILES string of the molecule is CC(C)(C)n1ccc2cc3[nH]ccc3cc21. The van der Waals surface area contributed by atoms with Crippen LogP contribution in [0.3, 0.4) is 0 Å². The molecule has 0 aliphatic rings. The van der Waals surface area contributed by atoms with Crippen LogP contribution in [-0.4, -0.2) is 9.55 Å². The molecule has 0 aliphatic heterocycles. The van der Waals surface area contributed by atoms with E-state index in [-0.39, 0.29) is 5.54 Å². The number of aromatic nitrogens is 2. The molecule has 1 N–H and O–H groups in total. The quantitative estimate of drug-likeness (QED) is 0.584. The minimum Gasteiger partial charge on any atom is -0.361 e. The van der Waals surface area contributed by atoms with Gasteiger partial charge in [-0.05, 0) is 45.0 Å². The summed E-state index contributed by atoms with van der Waals surface area (Å²) in [7, 11) is 0. The molecule has 0 atom stereocenters. The number of hydrogen-bond donors (Lipinski definition) is 1. The van der Waals surface area contributed by atoms with E-state index in [1.54, 1.807) is 0 Å². The van der Waals surface area contributed by atoms with Crippen LogP contribution in [0.25, 0.3) is 21.8 Å². The van der Waals surface area contributed by atoms with Crippen molar-refractivity contribution in [1.82, 2.24) is 9.55 Å². The summed E-state index contributed by atoms with van der Waals surface area (Å²) >= 11 is 0. The number of hydrogen-bond acceptors (Lipinski definition) is 0. The summed E-state index contributed by atoms with van der Waals surface area (Å²) in [6.45, 7) is 6.69. The summed E-state index contributed by atoms with van der Waals surface area (Å²) in [6, 6.07) is 8.77. The lowest BCUT2D eigenvalue weighted by Crippen LogP contribution is -2.20. The van der Waals surface area contributed by atoms with Gasteiger partial charge in [-0.15, -0.1) is 0 Å². The second-order valence-corrected chi connectivity index (χ2v) is 5.33. The molecule has 3 rings (SSSR count). The normalized spacial score (nSPS) is 12.7. The van der Waals surface area contributed by atoms with Gasteiger partial charge in [-0.2, -0.15) is 0 Å². The predicted octanol–water partition coefficient (Wildman–Crippen LogP) is 3.88. The Hall–Kier alpha value is -1.70. The fraction of sp³-hybridized carbons (Fsp3) is 0.286. The summed E-state index contributed by atoms with van der Waals surface area (Å²) < 4.78 is 2.33. The molecule has 2 heterocycles. The highest BCUT2D eigenvalue weighted by Crippen LogP contribution is 2.27. The van der Waals surface area contributed by atoms with Crippen molar-refractivity contribution in [2.45, 2.75) is 26.3 Å². The van der Waals surface area contributed by atoms with Crippen molar-refractivity contribution < 1.29 is 0 Å². The number of nitrogens with one attached hydrogen (secondary N) is 1. The zero-order valence-corrected chi connectivity index (χ0v) is 9.91. The van der Waals surface area contributed by atoms with Crippen LogP contribution in [0.1, 0.15) is 20.8 Å². The molecule has 82 valence electrons. The van der Waals surface area contributed by atoms with E-state index in [9.17, 15) is 0 Å². The molecule has 0 spiro atoms. The van der Waals surface area contributed by atoms with Crippen LogP contribution in [0.4, 0.5) is 0 Å². The zero-order valence-electron chi connectivity index (χ0n) is 9.91. The monoisotopic (exact) mass is 212 g/mol. The summed E-state index contributed by atoms with van der Waals surface area (Å²) in [5, 5.41) is 2.57. The van der Waals surface area contributed by atoms with Gasteiger partial charge >= 0.3 is 0 Å². The van der Waals surface area contributed by atoms with Crippen molar-refractivity contribution in [3.05, 3.63) is 36.7 Å². The summed E-state index contributed by atoms with van der Waals surface area (Å²) in [5.74, 6) is 0. The van der Waals surface area contributed by atoms with E-state index in [1.165, 1.54) is 21.8 Å². The Labute approximate surface area is 94.9 Å². The molecule has 0 aliphatic carbocycles. The highest BCUT2D eigenvalue weighted by Gasteiger charge is 2.15. The second kappa shape index (κ2) is 2.91. The maximum absolute atomic E-state index is 3.25. The molecule has 1 aromatic carbocycles. The van der Waals surface area contributed by atoms with Crippen LogP contribution in [0, 0.1) is 0 Å². The molecule has 2 heteroatoms. The van der Waals surface area contributed by atoms with Gasteiger partial charge < -0.3 is 9.55 Å². The first-order chi connectivity index (χ1) is 7.55. The Bertz CT molecular complexity index is 650. The number of H-pyrrole nitrogens is 1. The molecule has 0 amide bonds. The van der Waals surface area contributed by atoms with Crippen LogP contribution in [0.2, 0.25) is 0 Å². The minimum absolute atomic E-state index is 0.131. The van der Waals surface area contributed by atoms with Crippen molar-refractivity contribution >= 4 is 21.8 Å².